The van der Waals surface area contributed by atoms with Gasteiger partial charge in [0.1, 0.15) is 12.6 Å². The number of unbranched alkanes of at least 4 members (excludes halogenated alkanes) is 20. The largest absolute Gasteiger partial charge is 0.544 e. The van der Waals surface area contributed by atoms with Crippen LogP contribution in [0.2, 0.25) is 0 Å². The second-order valence-electron chi connectivity index (χ2n) is 17.8. The summed E-state index contributed by atoms with van der Waals surface area (Å²) in [6.07, 6.45) is 58.9. The number of carboxylic acids is 1. The molecular weight excluding hydrogens is 787 g/mol. The Morgan fingerprint density at radius 3 is 1.44 bits per heavy atom. The molecule has 0 spiro atoms. The van der Waals surface area contributed by atoms with Crippen LogP contribution in [0.15, 0.2) is 85.1 Å². The molecule has 63 heavy (non-hydrogen) atoms. The van der Waals surface area contributed by atoms with Gasteiger partial charge in [-0.05, 0) is 57.8 Å². The second-order valence-corrected chi connectivity index (χ2v) is 17.8. The number of carboxylic acid groups (broad SMARTS) is 1. The Morgan fingerprint density at radius 1 is 0.508 bits per heavy atom. The molecule has 0 saturated carbocycles. The third-order valence-corrected chi connectivity index (χ3v) is 10.9. The zero-order valence-electron chi connectivity index (χ0n) is 41.0. The molecule has 0 aromatic rings. The van der Waals surface area contributed by atoms with Gasteiger partial charge in [0, 0.05) is 19.3 Å². The van der Waals surface area contributed by atoms with E-state index in [1.165, 1.54) is 83.5 Å². The fourth-order valence-corrected chi connectivity index (χ4v) is 7.02. The molecule has 2 atom stereocenters. The Labute approximate surface area is 386 Å². The lowest BCUT2D eigenvalue weighted by Crippen LogP contribution is -2.55. The number of carbonyl (C=O) groups is 3. The zero-order chi connectivity index (χ0) is 46.3. The molecule has 0 saturated heterocycles. The lowest BCUT2D eigenvalue weighted by atomic mass is 10.0. The minimum atomic E-state index is -1.13. The van der Waals surface area contributed by atoms with Gasteiger partial charge in [0.15, 0.2) is 6.10 Å². The van der Waals surface area contributed by atoms with Gasteiger partial charge >= 0.3 is 11.9 Å². The lowest BCUT2D eigenvalue weighted by Gasteiger charge is -2.34. The monoisotopic (exact) mass is 880 g/mol. The summed E-state index contributed by atoms with van der Waals surface area (Å²) in [5.74, 6) is -1.77. The van der Waals surface area contributed by atoms with Crippen molar-refractivity contribution in [2.24, 2.45) is 0 Å². The summed E-state index contributed by atoms with van der Waals surface area (Å²) in [4.78, 5) is 37.0. The number of carbonyl (C=O) groups excluding carboxylic acids is 3. The smallest absolute Gasteiger partial charge is 0.306 e. The van der Waals surface area contributed by atoms with Crippen molar-refractivity contribution in [1.82, 2.24) is 0 Å². The molecule has 360 valence electrons. The first-order valence-electron chi connectivity index (χ1n) is 25.2. The number of nitrogens with zero attached hydrogens (tertiary/aromatic N) is 1. The number of ether oxygens (including phenoxy) is 3. The van der Waals surface area contributed by atoms with E-state index in [9.17, 15) is 19.5 Å². The average Bonchev–Trinajstić information content (AvgIpc) is 3.24. The first kappa shape index (κ1) is 59.5. The lowest BCUT2D eigenvalue weighted by molar-refractivity contribution is -0.889. The molecule has 0 radical (unpaired) electrons. The Hall–Kier alpha value is -3.49. The van der Waals surface area contributed by atoms with E-state index in [0.717, 1.165) is 77.0 Å². The van der Waals surface area contributed by atoms with Gasteiger partial charge in [0.05, 0.1) is 40.3 Å². The van der Waals surface area contributed by atoms with Crippen LogP contribution in [-0.4, -0.2) is 75.5 Å². The SMILES string of the molecule is CC/C=C/C/C=C/CCCCCCCCCCCCCCCCC(=O)OCC(COCCC(C(=O)[O-])[N+](C)(C)C)OC(=O)CCCCCCC/C=C/C=C/C=C/C=C/C=C/CCC. The van der Waals surface area contributed by atoms with E-state index in [2.05, 4.69) is 62.5 Å². The van der Waals surface area contributed by atoms with E-state index in [1.54, 1.807) is 21.1 Å². The highest BCUT2D eigenvalue weighted by atomic mass is 16.6. The highest BCUT2D eigenvalue weighted by Crippen LogP contribution is 2.15. The molecule has 0 aliphatic carbocycles. The number of esters is 2. The van der Waals surface area contributed by atoms with Crippen LogP contribution in [0.5, 0.6) is 0 Å². The fraction of sp³-hybridized carbons (Fsp3) is 0.691. The van der Waals surface area contributed by atoms with E-state index >= 15 is 0 Å². The second kappa shape index (κ2) is 45.1. The van der Waals surface area contributed by atoms with Crippen LogP contribution < -0.4 is 5.11 Å². The first-order valence-corrected chi connectivity index (χ1v) is 25.2. The van der Waals surface area contributed by atoms with Crippen molar-refractivity contribution in [2.45, 2.75) is 206 Å². The van der Waals surface area contributed by atoms with Gasteiger partial charge in [-0.1, -0.05) is 202 Å². The molecule has 8 nitrogen and oxygen atoms in total. The molecule has 0 fully saturated rings. The summed E-state index contributed by atoms with van der Waals surface area (Å²) < 4.78 is 17.2. The number of rotatable bonds is 44. The van der Waals surface area contributed by atoms with Crippen LogP contribution in [0.4, 0.5) is 0 Å². The number of likely N-dealkylation sites (N-methyl/N-ethyl adjacent to an activating group) is 1. The van der Waals surface area contributed by atoms with Crippen LogP contribution in [0, 0.1) is 0 Å². The standard InChI is InChI=1S/C55H93NO7/c1-6-8-10-12-14-16-18-20-22-24-26-27-28-30-31-33-35-37-39-41-43-45-53(57)62-50-51(49-61-48-47-52(55(59)60)56(3,4)5)63-54(58)46-44-42-40-38-36-34-32-29-25-23-21-19-17-15-13-11-9-7-2/h8,10-11,13-17,19,21,23,25,29,32,51-52H,6-7,9,12,18,20,22,24,26-28,30-31,33-50H2,1-5H3/b10-8+,13-11+,16-14+,17-15+,21-19+,25-23+,32-29+. The van der Waals surface area contributed by atoms with Crippen LogP contribution in [0.3, 0.4) is 0 Å². The average molecular weight is 880 g/mol. The van der Waals surface area contributed by atoms with Crippen molar-refractivity contribution < 1.29 is 38.2 Å². The predicted molar refractivity (Wildman–Crippen MR) is 263 cm³/mol. The molecule has 0 rings (SSSR count). The molecule has 8 heteroatoms. The topological polar surface area (TPSA) is 102 Å². The molecule has 0 N–H and O–H groups in total. The van der Waals surface area contributed by atoms with Crippen LogP contribution >= 0.6 is 0 Å². The third kappa shape index (κ3) is 43.5. The third-order valence-electron chi connectivity index (χ3n) is 10.9. The Morgan fingerprint density at radius 2 is 0.952 bits per heavy atom. The maximum absolute atomic E-state index is 12.8. The summed E-state index contributed by atoms with van der Waals surface area (Å²) in [7, 11) is 5.40. The minimum absolute atomic E-state index is 0.0263. The van der Waals surface area contributed by atoms with Gasteiger partial charge in [0.2, 0.25) is 0 Å². The zero-order valence-corrected chi connectivity index (χ0v) is 41.0. The number of hydrogen-bond donors (Lipinski definition) is 0. The molecular formula is C55H93NO7. The summed E-state index contributed by atoms with van der Waals surface area (Å²) in [6.45, 7) is 4.45. The fourth-order valence-electron chi connectivity index (χ4n) is 7.02. The van der Waals surface area contributed by atoms with Crippen LogP contribution in [0.25, 0.3) is 0 Å². The normalized spacial score (nSPS) is 13.6. The first-order chi connectivity index (χ1) is 30.6. The van der Waals surface area contributed by atoms with Gasteiger partial charge in [0.25, 0.3) is 0 Å². The molecule has 0 aromatic heterocycles. The van der Waals surface area contributed by atoms with Gasteiger partial charge in [-0.2, -0.15) is 0 Å². The number of allylic oxidation sites excluding steroid dienone is 14. The number of hydrogen-bond acceptors (Lipinski definition) is 7. The minimum Gasteiger partial charge on any atom is -0.544 e. The maximum atomic E-state index is 12.8. The van der Waals surface area contributed by atoms with Crippen LogP contribution in [0.1, 0.15) is 194 Å². The summed E-state index contributed by atoms with van der Waals surface area (Å²) >= 11 is 0. The quantitative estimate of drug-likeness (QED) is 0.0197. The highest BCUT2D eigenvalue weighted by Gasteiger charge is 2.25. The molecule has 0 aliphatic rings. The molecule has 2 unspecified atom stereocenters. The molecule has 0 heterocycles. The number of aliphatic carboxylic acids is 1. The Bertz CT molecular complexity index is 1300. The van der Waals surface area contributed by atoms with Crippen molar-refractivity contribution in [1.29, 1.82) is 0 Å². The summed E-state index contributed by atoms with van der Waals surface area (Å²) in [6, 6.07) is -0.735. The Kier molecular flexibility index (Phi) is 42.6. The van der Waals surface area contributed by atoms with E-state index < -0.39 is 18.1 Å². The molecule has 0 aliphatic heterocycles. The summed E-state index contributed by atoms with van der Waals surface area (Å²) in [5.41, 5.74) is 0. The molecule has 0 bridgehead atoms. The molecule has 0 amide bonds. The van der Waals surface area contributed by atoms with Crippen molar-refractivity contribution >= 4 is 17.9 Å². The van der Waals surface area contributed by atoms with Crippen molar-refractivity contribution in [3.8, 4) is 0 Å². The predicted octanol–water partition coefficient (Wildman–Crippen LogP) is 13.1. The van der Waals surface area contributed by atoms with Crippen molar-refractivity contribution in [3.63, 3.8) is 0 Å². The van der Waals surface area contributed by atoms with Crippen molar-refractivity contribution in [3.05, 3.63) is 85.1 Å². The van der Waals surface area contributed by atoms with Gasteiger partial charge < -0.3 is 28.6 Å². The van der Waals surface area contributed by atoms with E-state index in [0.29, 0.717) is 6.42 Å². The summed E-state index contributed by atoms with van der Waals surface area (Å²) in [5, 5.41) is 11.7. The maximum Gasteiger partial charge on any atom is 0.306 e. The number of quaternary nitrogens is 1. The van der Waals surface area contributed by atoms with E-state index in [4.69, 9.17) is 14.2 Å². The highest BCUT2D eigenvalue weighted by molar-refractivity contribution is 5.70. The van der Waals surface area contributed by atoms with Gasteiger partial charge in [-0.3, -0.25) is 9.59 Å². The Balaban J connectivity index is 4.29. The van der Waals surface area contributed by atoms with E-state index in [1.807, 2.05) is 36.5 Å². The van der Waals surface area contributed by atoms with Crippen LogP contribution in [-0.2, 0) is 28.6 Å². The van der Waals surface area contributed by atoms with Crippen molar-refractivity contribution in [2.75, 3.05) is 41.0 Å². The van der Waals surface area contributed by atoms with Gasteiger partial charge in [-0.15, -0.1) is 0 Å². The van der Waals surface area contributed by atoms with Gasteiger partial charge in [-0.25, -0.2) is 0 Å². The van der Waals surface area contributed by atoms with E-state index in [-0.39, 0.29) is 49.1 Å². The molecule has 0 aromatic carbocycles.